The van der Waals surface area contributed by atoms with Crippen molar-refractivity contribution in [3.05, 3.63) is 59.7 Å². The highest BCUT2D eigenvalue weighted by Crippen LogP contribution is 2.15. The minimum absolute atomic E-state index is 0.0406. The average Bonchev–Trinajstić information content (AvgIpc) is 2.78. The summed E-state index contributed by atoms with van der Waals surface area (Å²) in [4.78, 5) is 28.6. The van der Waals surface area contributed by atoms with Gasteiger partial charge in [-0.25, -0.2) is 4.79 Å². The molecule has 0 atom stereocenters. The number of carbonyl (C=O) groups excluding carboxylic acids is 2. The lowest BCUT2D eigenvalue weighted by Crippen LogP contribution is -2.42. The first-order chi connectivity index (χ1) is 14.5. The Kier molecular flexibility index (Phi) is 13.6. The summed E-state index contributed by atoms with van der Waals surface area (Å²) < 4.78 is 0. The van der Waals surface area contributed by atoms with Gasteiger partial charge in [-0.2, -0.15) is 0 Å². The van der Waals surface area contributed by atoms with Crippen molar-refractivity contribution in [3.63, 3.8) is 0 Å². The molecule has 5 N–H and O–H groups in total. The van der Waals surface area contributed by atoms with Crippen LogP contribution in [-0.2, 0) is 4.79 Å². The summed E-state index contributed by atoms with van der Waals surface area (Å²) in [5, 5.41) is 19.3. The van der Waals surface area contributed by atoms with Gasteiger partial charge in [0, 0.05) is 11.9 Å². The molecule has 0 saturated heterocycles. The Morgan fingerprint density at radius 1 is 1.20 bits per heavy atom. The second kappa shape index (κ2) is 15.4. The molecular formula is C22H31N5O3. The topological polar surface area (TPSA) is 132 Å². The van der Waals surface area contributed by atoms with Crippen molar-refractivity contribution in [2.45, 2.75) is 20.8 Å². The quantitative estimate of drug-likeness (QED) is 0.410. The van der Waals surface area contributed by atoms with Crippen molar-refractivity contribution in [1.29, 1.82) is 5.41 Å². The fourth-order valence-electron chi connectivity index (χ4n) is 2.13. The number of nitrogens with two attached hydrogens (primary N) is 1. The third-order valence-electron chi connectivity index (χ3n) is 3.50. The highest BCUT2D eigenvalue weighted by molar-refractivity contribution is 6.28. The van der Waals surface area contributed by atoms with Crippen LogP contribution < -0.4 is 16.0 Å². The molecular weight excluding hydrogens is 382 g/mol. The number of nitrogens with one attached hydrogen (secondary N) is 2. The van der Waals surface area contributed by atoms with E-state index in [1.165, 1.54) is 11.9 Å². The number of amides is 2. The number of phenols is 1. The van der Waals surface area contributed by atoms with Gasteiger partial charge >= 0.3 is 6.03 Å². The number of aryl methyl sites for hydroxylation is 1. The predicted octanol–water partition coefficient (Wildman–Crippen LogP) is 3.11. The van der Waals surface area contributed by atoms with Crippen molar-refractivity contribution < 1.29 is 14.7 Å². The second-order valence-corrected chi connectivity index (χ2v) is 5.61. The first-order valence-corrected chi connectivity index (χ1v) is 9.51. The van der Waals surface area contributed by atoms with Crippen LogP contribution in [0.2, 0.25) is 0 Å². The predicted molar refractivity (Wildman–Crippen MR) is 123 cm³/mol. The lowest BCUT2D eigenvalue weighted by molar-refractivity contribution is -0.102. The van der Waals surface area contributed by atoms with E-state index in [-0.39, 0.29) is 24.7 Å². The van der Waals surface area contributed by atoms with Gasteiger partial charge in [0.15, 0.2) is 6.29 Å². The van der Waals surface area contributed by atoms with Gasteiger partial charge < -0.3 is 21.6 Å². The van der Waals surface area contributed by atoms with Crippen LogP contribution in [0.4, 0.5) is 10.5 Å². The summed E-state index contributed by atoms with van der Waals surface area (Å²) in [6, 6.07) is 13.5. The molecule has 0 spiro atoms. The maximum absolute atomic E-state index is 12.4. The Balaban J connectivity index is 0.00000198. The van der Waals surface area contributed by atoms with Gasteiger partial charge in [-0.05, 0) is 43.8 Å². The Morgan fingerprint density at radius 3 is 2.40 bits per heavy atom. The van der Waals surface area contributed by atoms with Crippen LogP contribution in [0.5, 0.6) is 5.75 Å². The number of anilines is 1. The van der Waals surface area contributed by atoms with Crippen molar-refractivity contribution in [2.24, 2.45) is 10.7 Å². The number of hydrogen-bond acceptors (Lipinski definition) is 6. The minimum atomic E-state index is -0.464. The van der Waals surface area contributed by atoms with Crippen LogP contribution in [0.3, 0.4) is 0 Å². The van der Waals surface area contributed by atoms with Crippen LogP contribution in [0, 0.1) is 12.3 Å². The number of benzene rings is 2. The zero-order valence-electron chi connectivity index (χ0n) is 17.9. The van der Waals surface area contributed by atoms with Gasteiger partial charge in [0.25, 0.3) is 0 Å². The Bertz CT molecular complexity index is 820. The van der Waals surface area contributed by atoms with Crippen LogP contribution in [-0.4, -0.2) is 49.6 Å². The molecule has 0 aliphatic rings. The molecule has 0 saturated carbocycles. The van der Waals surface area contributed by atoms with Gasteiger partial charge in [0.2, 0.25) is 0 Å². The first kappa shape index (κ1) is 26.5. The van der Waals surface area contributed by atoms with E-state index < -0.39 is 6.03 Å². The van der Waals surface area contributed by atoms with E-state index in [0.717, 1.165) is 5.56 Å². The standard InChI is InChI=1S/C19H20N4O3.C2H6.CH5N/c1-14-5-7-17(8-6-14)23(19(26)22-11-16(20)12-24)13-21-10-15-3-2-4-18(25)9-15;2*1-2/h2-10,12,20,25H,11,13H2,1H3,(H,22,26);1-2H3;2H2,1H3/b20-16?,21-10+;;. The lowest BCUT2D eigenvalue weighted by atomic mass is 10.2. The lowest BCUT2D eigenvalue weighted by Gasteiger charge is -2.21. The monoisotopic (exact) mass is 413 g/mol. The second-order valence-electron chi connectivity index (χ2n) is 5.61. The SMILES string of the molecule is CC.CN.Cc1ccc(N(C/N=C/c2cccc(O)c2)C(=O)NCC(=N)C=O)cc1. The normalized spacial score (nSPS) is 9.50. The summed E-state index contributed by atoms with van der Waals surface area (Å²) in [5.74, 6) is 0.134. The van der Waals surface area contributed by atoms with E-state index >= 15 is 0 Å². The maximum Gasteiger partial charge on any atom is 0.323 e. The molecule has 0 aromatic heterocycles. The van der Waals surface area contributed by atoms with E-state index in [9.17, 15) is 14.7 Å². The van der Waals surface area contributed by atoms with E-state index in [0.29, 0.717) is 17.5 Å². The van der Waals surface area contributed by atoms with Crippen molar-refractivity contribution in [1.82, 2.24) is 5.32 Å². The van der Waals surface area contributed by atoms with Gasteiger partial charge in [-0.15, -0.1) is 0 Å². The molecule has 2 aromatic rings. The molecule has 30 heavy (non-hydrogen) atoms. The largest absolute Gasteiger partial charge is 0.508 e. The number of nitrogens with zero attached hydrogens (tertiary/aromatic N) is 2. The zero-order chi connectivity index (χ0) is 22.9. The molecule has 0 radical (unpaired) electrons. The number of carbonyl (C=O) groups is 2. The average molecular weight is 414 g/mol. The molecule has 0 aliphatic heterocycles. The molecule has 2 aromatic carbocycles. The fourth-order valence-corrected chi connectivity index (χ4v) is 2.13. The van der Waals surface area contributed by atoms with Crippen molar-refractivity contribution >= 4 is 29.9 Å². The van der Waals surface area contributed by atoms with Crippen LogP contribution >= 0.6 is 0 Å². The molecule has 0 unspecified atom stereocenters. The zero-order valence-corrected chi connectivity index (χ0v) is 17.9. The van der Waals surface area contributed by atoms with Crippen LogP contribution in [0.1, 0.15) is 25.0 Å². The molecule has 2 amide bonds. The smallest absolute Gasteiger partial charge is 0.323 e. The highest BCUT2D eigenvalue weighted by atomic mass is 16.3. The van der Waals surface area contributed by atoms with Crippen molar-refractivity contribution in [3.8, 4) is 5.75 Å². The third kappa shape index (κ3) is 9.61. The summed E-state index contributed by atoms with van der Waals surface area (Å²) in [5.41, 5.74) is 6.68. The summed E-state index contributed by atoms with van der Waals surface area (Å²) >= 11 is 0. The van der Waals surface area contributed by atoms with E-state index in [2.05, 4.69) is 16.0 Å². The molecule has 0 bridgehead atoms. The molecule has 0 fully saturated rings. The maximum atomic E-state index is 12.4. The molecule has 8 heteroatoms. The number of aldehydes is 1. The number of aliphatic imine (C=N–C) groups is 1. The summed E-state index contributed by atoms with van der Waals surface area (Å²) in [6.45, 7) is 5.83. The van der Waals surface area contributed by atoms with Crippen molar-refractivity contribution in [2.75, 3.05) is 25.2 Å². The van der Waals surface area contributed by atoms with Crippen LogP contribution in [0.15, 0.2) is 53.5 Å². The fraction of sp³-hybridized carbons (Fsp3) is 0.273. The number of phenolic OH excluding ortho intramolecular Hbond substituents is 1. The number of hydrogen-bond donors (Lipinski definition) is 4. The highest BCUT2D eigenvalue weighted by Gasteiger charge is 2.15. The molecule has 162 valence electrons. The van der Waals surface area contributed by atoms with E-state index in [1.54, 1.807) is 42.6 Å². The summed E-state index contributed by atoms with van der Waals surface area (Å²) in [6.07, 6.45) is 1.94. The molecule has 8 nitrogen and oxygen atoms in total. The molecule has 2 rings (SSSR count). The van der Waals surface area contributed by atoms with E-state index in [4.69, 9.17) is 5.41 Å². The Labute approximate surface area is 177 Å². The van der Waals surface area contributed by atoms with E-state index in [1.807, 2.05) is 32.9 Å². The number of aromatic hydroxyl groups is 1. The summed E-state index contributed by atoms with van der Waals surface area (Å²) in [7, 11) is 1.50. The minimum Gasteiger partial charge on any atom is -0.508 e. The van der Waals surface area contributed by atoms with Gasteiger partial charge in [0.1, 0.15) is 12.4 Å². The first-order valence-electron chi connectivity index (χ1n) is 9.51. The molecule has 0 aliphatic carbocycles. The van der Waals surface area contributed by atoms with Gasteiger partial charge in [-0.3, -0.25) is 14.7 Å². The Hall–Kier alpha value is -3.52. The Morgan fingerprint density at radius 2 is 1.83 bits per heavy atom. The van der Waals surface area contributed by atoms with Gasteiger partial charge in [0.05, 0.1) is 12.3 Å². The number of rotatable bonds is 7. The number of urea groups is 1. The molecule has 0 heterocycles. The third-order valence-corrected chi connectivity index (χ3v) is 3.50. The van der Waals surface area contributed by atoms with Gasteiger partial charge in [-0.1, -0.05) is 43.7 Å². The van der Waals surface area contributed by atoms with Crippen LogP contribution in [0.25, 0.3) is 0 Å².